The minimum absolute atomic E-state index is 0.496. The molecule has 1 rings (SSSR count). The third-order valence-corrected chi connectivity index (χ3v) is 3.51. The summed E-state index contributed by atoms with van der Waals surface area (Å²) >= 11 is 0. The van der Waals surface area contributed by atoms with Gasteiger partial charge in [0.15, 0.2) is 0 Å². The minimum Gasteiger partial charge on any atom is -0.328 e. The van der Waals surface area contributed by atoms with Crippen LogP contribution in [0, 0.1) is 5.41 Å². The second kappa shape index (κ2) is 4.99. The Bertz CT molecular complexity index is 144. The van der Waals surface area contributed by atoms with E-state index < -0.39 is 0 Å². The van der Waals surface area contributed by atoms with Crippen molar-refractivity contribution in [3.05, 3.63) is 0 Å². The van der Waals surface area contributed by atoms with Crippen LogP contribution in [0.4, 0.5) is 0 Å². The van der Waals surface area contributed by atoms with Crippen LogP contribution in [0.15, 0.2) is 0 Å². The van der Waals surface area contributed by atoms with Gasteiger partial charge in [0, 0.05) is 6.04 Å². The quantitative estimate of drug-likeness (QED) is 0.649. The number of unbranched alkanes of at least 4 members (excludes halogenated alkanes) is 3. The van der Waals surface area contributed by atoms with Crippen molar-refractivity contribution in [1.82, 2.24) is 0 Å². The summed E-state index contributed by atoms with van der Waals surface area (Å²) in [4.78, 5) is 0. The van der Waals surface area contributed by atoms with E-state index in [4.69, 9.17) is 5.73 Å². The molecule has 0 heterocycles. The topological polar surface area (TPSA) is 26.0 Å². The molecule has 78 valence electrons. The Morgan fingerprint density at radius 2 is 2.08 bits per heavy atom. The molecule has 0 radical (unpaired) electrons. The van der Waals surface area contributed by atoms with Crippen molar-refractivity contribution >= 4 is 0 Å². The van der Waals surface area contributed by atoms with Crippen LogP contribution in [-0.2, 0) is 0 Å². The normalized spacial score (nSPS) is 33.9. The standard InChI is InChI=1S/C12H25N/c1-3-4-5-6-8-12(2)9-7-11(13)10-12/h11H,3-10,13H2,1-2H3. The first-order chi connectivity index (χ1) is 6.16. The van der Waals surface area contributed by atoms with Gasteiger partial charge in [-0.3, -0.25) is 0 Å². The highest BCUT2D eigenvalue weighted by Gasteiger charge is 2.32. The lowest BCUT2D eigenvalue weighted by Crippen LogP contribution is -2.19. The van der Waals surface area contributed by atoms with Gasteiger partial charge in [0.25, 0.3) is 0 Å². The molecule has 1 aliphatic rings. The predicted molar refractivity (Wildman–Crippen MR) is 58.7 cm³/mol. The van der Waals surface area contributed by atoms with Gasteiger partial charge in [-0.15, -0.1) is 0 Å². The first kappa shape index (κ1) is 11.0. The molecule has 0 spiro atoms. The summed E-state index contributed by atoms with van der Waals surface area (Å²) in [5.74, 6) is 0. The smallest absolute Gasteiger partial charge is 0.00442 e. The third-order valence-electron chi connectivity index (χ3n) is 3.51. The first-order valence-electron chi connectivity index (χ1n) is 5.92. The van der Waals surface area contributed by atoms with Crippen molar-refractivity contribution in [1.29, 1.82) is 0 Å². The Hall–Kier alpha value is -0.0400. The van der Waals surface area contributed by atoms with Gasteiger partial charge in [-0.1, -0.05) is 39.5 Å². The van der Waals surface area contributed by atoms with E-state index in [9.17, 15) is 0 Å². The van der Waals surface area contributed by atoms with E-state index in [1.54, 1.807) is 0 Å². The largest absolute Gasteiger partial charge is 0.328 e. The molecule has 0 aromatic heterocycles. The Balaban J connectivity index is 2.12. The second-order valence-electron chi connectivity index (χ2n) is 5.12. The lowest BCUT2D eigenvalue weighted by Gasteiger charge is -2.23. The lowest BCUT2D eigenvalue weighted by atomic mass is 9.83. The van der Waals surface area contributed by atoms with Crippen LogP contribution in [0.25, 0.3) is 0 Å². The summed E-state index contributed by atoms with van der Waals surface area (Å²) in [5, 5.41) is 0. The van der Waals surface area contributed by atoms with Gasteiger partial charge in [-0.2, -0.15) is 0 Å². The summed E-state index contributed by atoms with van der Waals surface area (Å²) < 4.78 is 0. The van der Waals surface area contributed by atoms with Crippen LogP contribution in [-0.4, -0.2) is 6.04 Å². The molecule has 0 bridgehead atoms. The van der Waals surface area contributed by atoms with Crippen molar-refractivity contribution in [3.63, 3.8) is 0 Å². The molecule has 0 saturated heterocycles. The molecule has 0 aromatic carbocycles. The van der Waals surface area contributed by atoms with E-state index in [1.807, 2.05) is 0 Å². The van der Waals surface area contributed by atoms with Crippen LogP contribution >= 0.6 is 0 Å². The van der Waals surface area contributed by atoms with Crippen LogP contribution in [0.2, 0.25) is 0 Å². The first-order valence-corrected chi connectivity index (χ1v) is 5.92. The zero-order chi connectivity index (χ0) is 9.73. The zero-order valence-corrected chi connectivity index (χ0v) is 9.31. The highest BCUT2D eigenvalue weighted by molar-refractivity contribution is 4.87. The highest BCUT2D eigenvalue weighted by atomic mass is 14.7. The van der Waals surface area contributed by atoms with E-state index in [0.29, 0.717) is 11.5 Å². The average Bonchev–Trinajstić information content (AvgIpc) is 2.41. The average molecular weight is 183 g/mol. The van der Waals surface area contributed by atoms with Crippen molar-refractivity contribution in [2.45, 2.75) is 71.3 Å². The summed E-state index contributed by atoms with van der Waals surface area (Å²) in [5.41, 5.74) is 6.53. The maximum Gasteiger partial charge on any atom is 0.00442 e. The van der Waals surface area contributed by atoms with E-state index in [-0.39, 0.29) is 0 Å². The highest BCUT2D eigenvalue weighted by Crippen LogP contribution is 2.41. The molecule has 0 amide bonds. The van der Waals surface area contributed by atoms with Gasteiger partial charge in [-0.25, -0.2) is 0 Å². The number of hydrogen-bond acceptors (Lipinski definition) is 1. The van der Waals surface area contributed by atoms with Crippen LogP contribution in [0.1, 0.15) is 65.2 Å². The Labute approximate surface area is 83.1 Å². The summed E-state index contributed by atoms with van der Waals surface area (Å²) in [6, 6.07) is 0.496. The van der Waals surface area contributed by atoms with Crippen molar-refractivity contribution < 1.29 is 0 Å². The van der Waals surface area contributed by atoms with Gasteiger partial charge in [0.05, 0.1) is 0 Å². The fraction of sp³-hybridized carbons (Fsp3) is 1.00. The SMILES string of the molecule is CCCCCCC1(C)CCC(N)C1. The molecular weight excluding hydrogens is 158 g/mol. The molecule has 2 unspecified atom stereocenters. The van der Waals surface area contributed by atoms with Crippen LogP contribution in [0.5, 0.6) is 0 Å². The van der Waals surface area contributed by atoms with Gasteiger partial charge in [-0.05, 0) is 31.1 Å². The van der Waals surface area contributed by atoms with E-state index in [2.05, 4.69) is 13.8 Å². The van der Waals surface area contributed by atoms with Crippen molar-refractivity contribution in [2.75, 3.05) is 0 Å². The fourth-order valence-corrected chi connectivity index (χ4v) is 2.58. The molecule has 1 nitrogen and oxygen atoms in total. The molecule has 1 aliphatic carbocycles. The Kier molecular flexibility index (Phi) is 4.24. The molecule has 1 heteroatoms. The van der Waals surface area contributed by atoms with E-state index in [1.165, 1.54) is 51.4 Å². The number of rotatable bonds is 5. The lowest BCUT2D eigenvalue weighted by molar-refractivity contribution is 0.291. The molecule has 0 aliphatic heterocycles. The zero-order valence-electron chi connectivity index (χ0n) is 9.31. The molecule has 2 atom stereocenters. The summed E-state index contributed by atoms with van der Waals surface area (Å²) in [6.07, 6.45) is 10.9. The molecule has 13 heavy (non-hydrogen) atoms. The molecule has 1 saturated carbocycles. The minimum atomic E-state index is 0.496. The summed E-state index contributed by atoms with van der Waals surface area (Å²) in [6.45, 7) is 4.69. The van der Waals surface area contributed by atoms with Gasteiger partial charge >= 0.3 is 0 Å². The van der Waals surface area contributed by atoms with Crippen LogP contribution in [0.3, 0.4) is 0 Å². The fourth-order valence-electron chi connectivity index (χ4n) is 2.58. The van der Waals surface area contributed by atoms with Crippen molar-refractivity contribution in [3.8, 4) is 0 Å². The van der Waals surface area contributed by atoms with Gasteiger partial charge in [0.1, 0.15) is 0 Å². The van der Waals surface area contributed by atoms with E-state index in [0.717, 1.165) is 0 Å². The Morgan fingerprint density at radius 3 is 2.62 bits per heavy atom. The van der Waals surface area contributed by atoms with Crippen molar-refractivity contribution in [2.24, 2.45) is 11.1 Å². The maximum absolute atomic E-state index is 5.94. The van der Waals surface area contributed by atoms with Crippen LogP contribution < -0.4 is 5.73 Å². The maximum atomic E-state index is 5.94. The Morgan fingerprint density at radius 1 is 1.31 bits per heavy atom. The predicted octanol–water partition coefficient (Wildman–Crippen LogP) is 3.47. The molecular formula is C12H25N. The number of nitrogens with two attached hydrogens (primary N) is 1. The summed E-state index contributed by atoms with van der Waals surface area (Å²) in [7, 11) is 0. The van der Waals surface area contributed by atoms with E-state index >= 15 is 0 Å². The van der Waals surface area contributed by atoms with Gasteiger partial charge in [0.2, 0.25) is 0 Å². The third kappa shape index (κ3) is 3.68. The second-order valence-corrected chi connectivity index (χ2v) is 5.12. The monoisotopic (exact) mass is 183 g/mol. The molecule has 1 fully saturated rings. The molecule has 0 aromatic rings. The molecule has 2 N–H and O–H groups in total. The number of hydrogen-bond donors (Lipinski definition) is 1. The van der Waals surface area contributed by atoms with Gasteiger partial charge < -0.3 is 5.73 Å².